The van der Waals surface area contributed by atoms with Crippen molar-refractivity contribution in [1.29, 1.82) is 0 Å². The molecular weight excluding hydrogens is 873 g/mol. The van der Waals surface area contributed by atoms with Gasteiger partial charge in [-0.2, -0.15) is 0 Å². The number of rotatable bonds is 14. The van der Waals surface area contributed by atoms with E-state index in [2.05, 4.69) is 10.6 Å². The third kappa shape index (κ3) is 11.0. The van der Waals surface area contributed by atoms with Gasteiger partial charge in [0.25, 0.3) is 0 Å². The lowest BCUT2D eigenvalue weighted by atomic mass is 9.97. The second kappa shape index (κ2) is 21.7. The average Bonchev–Trinajstić information content (AvgIpc) is 3.27. The maximum Gasteiger partial charge on any atom is 0.323 e. The second-order valence-corrected chi connectivity index (χ2v) is 17.2. The van der Waals surface area contributed by atoms with Crippen molar-refractivity contribution in [2.45, 2.75) is 131 Å². The number of ether oxygens (including phenoxy) is 6. The van der Waals surface area contributed by atoms with Crippen molar-refractivity contribution in [3.05, 3.63) is 48.5 Å². The van der Waals surface area contributed by atoms with Crippen LogP contribution in [0.4, 0.5) is 16.2 Å². The number of hydrogen-bond donors (Lipinski definition) is 16. The van der Waals surface area contributed by atoms with Gasteiger partial charge in [0.15, 0.2) is 12.6 Å². The highest BCUT2D eigenvalue weighted by atomic mass is 32.2. The van der Waals surface area contributed by atoms with Gasteiger partial charge >= 0.3 is 6.03 Å². The van der Waals surface area contributed by atoms with Crippen LogP contribution in [0.15, 0.2) is 58.3 Å². The van der Waals surface area contributed by atoms with Gasteiger partial charge in [0.05, 0.1) is 26.4 Å². The van der Waals surface area contributed by atoms with E-state index in [1.54, 1.807) is 48.5 Å². The van der Waals surface area contributed by atoms with Crippen LogP contribution in [-0.4, -0.2) is 225 Å². The van der Waals surface area contributed by atoms with Gasteiger partial charge in [-0.3, -0.25) is 0 Å². The molecule has 62 heavy (non-hydrogen) atoms. The molecule has 0 bridgehead atoms. The van der Waals surface area contributed by atoms with Crippen molar-refractivity contribution >= 4 is 40.9 Å². The molecule has 2 amide bonds. The number of carbonyl (C=O) groups is 1. The summed E-state index contributed by atoms with van der Waals surface area (Å²) in [6.45, 7) is -2.82. The van der Waals surface area contributed by atoms with Crippen LogP contribution in [0, 0.1) is 0 Å². The Labute approximate surface area is 361 Å². The summed E-state index contributed by atoms with van der Waals surface area (Å²) in [7, 11) is 0. The SMILES string of the molecule is O=C(Nc1ccc(S[C@@H]2O[C@H](CO)[C@@H](O[C@@H]3O[C@H](CO)[C@@H](O)[C@H](O)[C@H]3O)[C@H](O)[C@H]2O)cc1)Nc1ccc(S[C@@H]2O[C@H](CO)[C@@H](O[C@@H]3O[C@H](CO)[C@@H](O)[C@H](O)[C@H]3O)[C@H](O)[C@H]2O)cc1. The molecular formula is C37H52N2O21S2. The number of nitrogens with one attached hydrogen (secondary N) is 2. The smallest absolute Gasteiger partial charge is 0.323 e. The molecule has 4 aliphatic rings. The van der Waals surface area contributed by atoms with Gasteiger partial charge in [0, 0.05) is 21.2 Å². The van der Waals surface area contributed by atoms with Crippen LogP contribution in [-0.2, 0) is 28.4 Å². The predicted molar refractivity (Wildman–Crippen MR) is 210 cm³/mol. The first-order chi connectivity index (χ1) is 29.6. The molecule has 20 atom stereocenters. The Balaban J connectivity index is 0.975. The van der Waals surface area contributed by atoms with E-state index in [9.17, 15) is 76.3 Å². The molecule has 6 rings (SSSR count). The van der Waals surface area contributed by atoms with Crippen LogP contribution < -0.4 is 10.6 Å². The highest BCUT2D eigenvalue weighted by Gasteiger charge is 2.52. The topological polar surface area (TPSA) is 380 Å². The van der Waals surface area contributed by atoms with Crippen molar-refractivity contribution in [3.63, 3.8) is 0 Å². The minimum absolute atomic E-state index is 0.375. The number of anilines is 2. The summed E-state index contributed by atoms with van der Waals surface area (Å²) in [5.41, 5.74) is -1.49. The summed E-state index contributed by atoms with van der Waals surface area (Å²) in [4.78, 5) is 13.9. The van der Waals surface area contributed by atoms with E-state index in [1.165, 1.54) is 0 Å². The molecule has 0 saturated carbocycles. The van der Waals surface area contributed by atoms with Gasteiger partial charge in [-0.1, -0.05) is 23.5 Å². The second-order valence-electron chi connectivity index (χ2n) is 14.9. The highest BCUT2D eigenvalue weighted by molar-refractivity contribution is 8.00. The first-order valence-corrected chi connectivity index (χ1v) is 21.1. The molecule has 0 radical (unpaired) electrons. The van der Waals surface area contributed by atoms with Crippen molar-refractivity contribution in [3.8, 4) is 0 Å². The van der Waals surface area contributed by atoms with Crippen LogP contribution in [0.5, 0.6) is 0 Å². The lowest BCUT2D eigenvalue weighted by Crippen LogP contribution is -2.64. The summed E-state index contributed by atoms with van der Waals surface area (Å²) < 4.78 is 33.5. The van der Waals surface area contributed by atoms with Crippen molar-refractivity contribution in [2.75, 3.05) is 37.1 Å². The zero-order valence-electron chi connectivity index (χ0n) is 32.4. The molecule has 2 aromatic carbocycles. The fourth-order valence-corrected chi connectivity index (χ4v) is 9.22. The number of benzene rings is 2. The van der Waals surface area contributed by atoms with E-state index in [4.69, 9.17) is 28.4 Å². The Morgan fingerprint density at radius 2 is 0.790 bits per heavy atom. The number of thioether (sulfide) groups is 2. The molecule has 0 aromatic heterocycles. The molecule has 0 unspecified atom stereocenters. The quantitative estimate of drug-likeness (QED) is 0.0842. The average molecular weight is 925 g/mol. The fourth-order valence-electron chi connectivity index (χ4n) is 7.10. The van der Waals surface area contributed by atoms with Crippen LogP contribution in [0.3, 0.4) is 0 Å². The predicted octanol–water partition coefficient (Wildman–Crippen LogP) is -5.24. The van der Waals surface area contributed by atoms with E-state index in [0.29, 0.717) is 21.2 Å². The van der Waals surface area contributed by atoms with Crippen molar-refractivity contribution < 1.29 is 105 Å². The standard InChI is InChI=1S/C37H52N2O21S2/c40-9-17-21(44)23(46)27(50)33(55-17)59-31-19(11-42)57-35(29(52)25(31)48)61-15-5-1-13(2-6-15)38-37(54)39-14-3-7-16(8-4-14)62-36-30(53)26(49)32(20(12-43)58-36)60-34-28(51)24(47)22(45)18(10-41)56-34/h1-8,17-36,40-53H,9-12H2,(H2,38,39,54)/t17-,18-,19-,20-,21-,22-,23+,24+,25-,26-,27-,28-,29-,30-,31-,32-,33+,34+,35+,36+/m1/s1. The highest BCUT2D eigenvalue weighted by Crippen LogP contribution is 2.38. The summed E-state index contributed by atoms with van der Waals surface area (Å²) in [5.74, 6) is 0. The molecule has 0 aliphatic carbocycles. The summed E-state index contributed by atoms with van der Waals surface area (Å²) in [6.07, 6.45) is -28.2. The minimum Gasteiger partial charge on any atom is -0.394 e. The van der Waals surface area contributed by atoms with Crippen LogP contribution in [0.2, 0.25) is 0 Å². The van der Waals surface area contributed by atoms with E-state index in [0.717, 1.165) is 23.5 Å². The molecule has 4 fully saturated rings. The maximum absolute atomic E-state index is 12.8. The van der Waals surface area contributed by atoms with E-state index < -0.39 is 154 Å². The van der Waals surface area contributed by atoms with Crippen LogP contribution >= 0.6 is 23.5 Å². The molecule has 2 aromatic rings. The van der Waals surface area contributed by atoms with Gasteiger partial charge < -0.3 is 111 Å². The van der Waals surface area contributed by atoms with E-state index >= 15 is 0 Å². The summed E-state index contributed by atoms with van der Waals surface area (Å²) >= 11 is 1.98. The van der Waals surface area contributed by atoms with Gasteiger partial charge in [-0.05, 0) is 48.5 Å². The van der Waals surface area contributed by atoms with Crippen LogP contribution in [0.25, 0.3) is 0 Å². The zero-order valence-corrected chi connectivity index (χ0v) is 34.1. The third-order valence-corrected chi connectivity index (χ3v) is 13.0. The number of carbonyl (C=O) groups excluding carboxylic acids is 1. The van der Waals surface area contributed by atoms with Gasteiger partial charge in [0.2, 0.25) is 0 Å². The van der Waals surface area contributed by atoms with Gasteiger partial charge in [-0.25, -0.2) is 4.79 Å². The van der Waals surface area contributed by atoms with Crippen LogP contribution in [0.1, 0.15) is 0 Å². The lowest BCUT2D eigenvalue weighted by Gasteiger charge is -2.46. The Morgan fingerprint density at radius 3 is 1.11 bits per heavy atom. The first-order valence-electron chi connectivity index (χ1n) is 19.4. The largest absolute Gasteiger partial charge is 0.394 e. The first kappa shape index (κ1) is 49.1. The number of aliphatic hydroxyl groups is 14. The Bertz CT molecular complexity index is 1600. The zero-order chi connectivity index (χ0) is 45.0. The van der Waals surface area contributed by atoms with Gasteiger partial charge in [0.1, 0.15) is 109 Å². The summed E-state index contributed by atoms with van der Waals surface area (Å²) in [6, 6.07) is 12.0. The minimum atomic E-state index is -1.79. The van der Waals surface area contributed by atoms with E-state index in [-0.39, 0.29) is 0 Å². The Morgan fingerprint density at radius 1 is 0.452 bits per heavy atom. The number of hydrogen-bond acceptors (Lipinski definition) is 23. The molecule has 16 N–H and O–H groups in total. The van der Waals surface area contributed by atoms with Crippen molar-refractivity contribution in [2.24, 2.45) is 0 Å². The molecule has 0 spiro atoms. The maximum atomic E-state index is 12.8. The number of amides is 2. The molecule has 4 saturated heterocycles. The Kier molecular flexibility index (Phi) is 17.2. The summed E-state index contributed by atoms with van der Waals surface area (Å²) in [5, 5.41) is 149. The molecule has 25 heteroatoms. The lowest BCUT2D eigenvalue weighted by molar-refractivity contribution is -0.338. The molecule has 23 nitrogen and oxygen atoms in total. The Hall–Kier alpha value is -2.39. The monoisotopic (exact) mass is 924 g/mol. The molecule has 4 aliphatic heterocycles. The van der Waals surface area contributed by atoms with Crippen molar-refractivity contribution in [1.82, 2.24) is 0 Å². The van der Waals surface area contributed by atoms with Gasteiger partial charge in [-0.15, -0.1) is 0 Å². The number of urea groups is 1. The molecule has 4 heterocycles. The number of aliphatic hydroxyl groups excluding tert-OH is 14. The third-order valence-electron chi connectivity index (χ3n) is 10.6. The van der Waals surface area contributed by atoms with E-state index in [1.807, 2.05) is 0 Å². The normalized spacial score (nSPS) is 41.4. The molecule has 348 valence electrons. The fraction of sp³-hybridized carbons (Fsp3) is 0.649.